The monoisotopic (exact) mass is 396 g/mol. The van der Waals surface area contributed by atoms with Crippen LogP contribution in [-0.2, 0) is 17.6 Å². The molecule has 2 N–H and O–H groups in total. The molecule has 1 aromatic carbocycles. The zero-order valence-electron chi connectivity index (χ0n) is 13.5. The van der Waals surface area contributed by atoms with Crippen LogP contribution in [0.2, 0.25) is 10.0 Å². The lowest BCUT2D eigenvalue weighted by Gasteiger charge is -2.08. The number of aryl methyl sites for hydroxylation is 2. The van der Waals surface area contributed by atoms with Crippen LogP contribution in [0.3, 0.4) is 0 Å². The van der Waals surface area contributed by atoms with Crippen LogP contribution in [0.15, 0.2) is 24.3 Å². The van der Waals surface area contributed by atoms with E-state index < -0.39 is 0 Å². The van der Waals surface area contributed by atoms with Gasteiger partial charge in [0, 0.05) is 9.90 Å². The summed E-state index contributed by atoms with van der Waals surface area (Å²) in [5.74, 6) is -0.568. The van der Waals surface area contributed by atoms with Crippen molar-refractivity contribution in [2.24, 2.45) is 0 Å². The van der Waals surface area contributed by atoms with Gasteiger partial charge >= 0.3 is 0 Å². The summed E-state index contributed by atoms with van der Waals surface area (Å²) in [6.07, 6.45) is 5.67. The summed E-state index contributed by atoms with van der Waals surface area (Å²) in [5.41, 5.74) is 1.71. The maximum atomic E-state index is 12.3. The van der Waals surface area contributed by atoms with E-state index in [0.717, 1.165) is 12.8 Å². The highest BCUT2D eigenvalue weighted by Gasteiger charge is 2.17. The topological polar surface area (TPSA) is 58.2 Å². The highest BCUT2D eigenvalue weighted by Crippen LogP contribution is 2.29. The molecule has 2 amide bonds. The second-order valence-corrected chi connectivity index (χ2v) is 7.96. The number of halogens is 2. The quantitative estimate of drug-likeness (QED) is 0.736. The molecule has 132 valence electrons. The average molecular weight is 397 g/mol. The summed E-state index contributed by atoms with van der Waals surface area (Å²) in [6, 6.07) is 6.78. The van der Waals surface area contributed by atoms with Crippen LogP contribution in [0.4, 0.5) is 5.69 Å². The number of nitrogens with one attached hydrogen (secondary N) is 2. The highest BCUT2D eigenvalue weighted by atomic mass is 35.5. The number of hydrogen-bond acceptors (Lipinski definition) is 3. The van der Waals surface area contributed by atoms with Crippen LogP contribution in [0, 0.1) is 0 Å². The Balaban J connectivity index is 1.57. The van der Waals surface area contributed by atoms with Crippen LogP contribution >= 0.6 is 34.5 Å². The fraction of sp³-hybridized carbons (Fsp3) is 0.333. The molecule has 25 heavy (non-hydrogen) atoms. The lowest BCUT2D eigenvalue weighted by atomic mass is 10.1. The number of benzene rings is 1. The fourth-order valence-electron chi connectivity index (χ4n) is 2.81. The molecular weight excluding hydrogens is 379 g/mol. The molecule has 1 heterocycles. The largest absolute Gasteiger partial charge is 0.342 e. The minimum absolute atomic E-state index is 0.121. The van der Waals surface area contributed by atoms with Gasteiger partial charge in [0.15, 0.2) is 0 Å². The third kappa shape index (κ3) is 4.75. The van der Waals surface area contributed by atoms with Gasteiger partial charge in [-0.1, -0.05) is 29.6 Å². The van der Waals surface area contributed by atoms with Crippen LogP contribution in [0.5, 0.6) is 0 Å². The van der Waals surface area contributed by atoms with Gasteiger partial charge in [-0.05, 0) is 55.5 Å². The standard InChI is InChI=1S/C18H18Cl2N2O2S/c19-12-6-7-13(20)14(9-12)22-17(23)10-21-18(24)16-8-11-4-2-1-3-5-15(11)25-16/h6-9H,1-5,10H2,(H,21,24)(H,22,23). The van der Waals surface area contributed by atoms with E-state index in [1.165, 1.54) is 41.0 Å². The lowest BCUT2D eigenvalue weighted by molar-refractivity contribution is -0.115. The lowest BCUT2D eigenvalue weighted by Crippen LogP contribution is -2.32. The highest BCUT2D eigenvalue weighted by molar-refractivity contribution is 7.14. The number of thiophene rings is 1. The molecule has 0 saturated carbocycles. The predicted octanol–water partition coefficient (Wildman–Crippen LogP) is 4.69. The SMILES string of the molecule is O=C(CNC(=O)c1cc2c(s1)CCCCC2)Nc1cc(Cl)ccc1Cl. The molecule has 0 saturated heterocycles. The summed E-state index contributed by atoms with van der Waals surface area (Å²) >= 11 is 13.4. The normalized spacial score (nSPS) is 13.7. The van der Waals surface area contributed by atoms with Gasteiger partial charge in [0.05, 0.1) is 22.1 Å². The number of amides is 2. The van der Waals surface area contributed by atoms with E-state index in [9.17, 15) is 9.59 Å². The Kier molecular flexibility index (Phi) is 5.99. The molecule has 4 nitrogen and oxygen atoms in total. The summed E-state index contributed by atoms with van der Waals surface area (Å²) < 4.78 is 0. The molecule has 3 rings (SSSR count). The van der Waals surface area contributed by atoms with Gasteiger partial charge in [-0.2, -0.15) is 0 Å². The first-order valence-corrected chi connectivity index (χ1v) is 9.75. The summed E-state index contributed by atoms with van der Waals surface area (Å²) in [5, 5.41) is 6.18. The second kappa shape index (κ2) is 8.21. The van der Waals surface area contributed by atoms with Gasteiger partial charge in [0.1, 0.15) is 0 Å². The number of rotatable bonds is 4. The number of anilines is 1. The summed E-state index contributed by atoms with van der Waals surface area (Å²) in [7, 11) is 0. The number of carbonyl (C=O) groups is 2. The molecule has 0 unspecified atom stereocenters. The zero-order chi connectivity index (χ0) is 17.8. The summed E-state index contributed by atoms with van der Waals surface area (Å²) in [4.78, 5) is 26.3. The van der Waals surface area contributed by atoms with Crippen molar-refractivity contribution in [2.75, 3.05) is 11.9 Å². The Morgan fingerprint density at radius 2 is 1.88 bits per heavy atom. The molecule has 0 atom stereocenters. The molecule has 0 fully saturated rings. The van der Waals surface area contributed by atoms with Gasteiger partial charge in [-0.25, -0.2) is 0 Å². The first-order valence-electron chi connectivity index (χ1n) is 8.17. The molecule has 0 spiro atoms. The molecule has 1 aromatic heterocycles. The maximum absolute atomic E-state index is 12.3. The first-order chi connectivity index (χ1) is 12.0. The molecule has 0 bridgehead atoms. The molecule has 7 heteroatoms. The maximum Gasteiger partial charge on any atom is 0.261 e. The Labute approximate surface area is 160 Å². The Hall–Kier alpha value is -1.56. The van der Waals surface area contributed by atoms with Crippen molar-refractivity contribution in [3.05, 3.63) is 49.6 Å². The van der Waals surface area contributed by atoms with E-state index in [1.54, 1.807) is 18.2 Å². The van der Waals surface area contributed by atoms with E-state index in [0.29, 0.717) is 20.6 Å². The van der Waals surface area contributed by atoms with Crippen molar-refractivity contribution in [2.45, 2.75) is 32.1 Å². The van der Waals surface area contributed by atoms with Crippen molar-refractivity contribution < 1.29 is 9.59 Å². The minimum atomic E-state index is -0.351. The smallest absolute Gasteiger partial charge is 0.261 e. The van der Waals surface area contributed by atoms with E-state index in [1.807, 2.05) is 6.07 Å². The molecule has 2 aromatic rings. The Morgan fingerprint density at radius 1 is 1.08 bits per heavy atom. The van der Waals surface area contributed by atoms with Crippen molar-refractivity contribution in [1.82, 2.24) is 5.32 Å². The van der Waals surface area contributed by atoms with Crippen LogP contribution in [-0.4, -0.2) is 18.4 Å². The molecule has 0 aliphatic heterocycles. The minimum Gasteiger partial charge on any atom is -0.342 e. The van der Waals surface area contributed by atoms with Crippen LogP contribution in [0.1, 0.15) is 39.4 Å². The van der Waals surface area contributed by atoms with Gasteiger partial charge < -0.3 is 10.6 Å². The van der Waals surface area contributed by atoms with Gasteiger partial charge in [-0.3, -0.25) is 9.59 Å². The third-order valence-electron chi connectivity index (χ3n) is 4.08. The van der Waals surface area contributed by atoms with Crippen LogP contribution < -0.4 is 10.6 Å². The Bertz CT molecular complexity index is 781. The number of fused-ring (bicyclic) bond motifs is 1. The Morgan fingerprint density at radius 3 is 2.72 bits per heavy atom. The summed E-state index contributed by atoms with van der Waals surface area (Å²) in [6.45, 7) is -0.121. The average Bonchev–Trinajstić information content (AvgIpc) is 2.87. The number of hydrogen-bond donors (Lipinski definition) is 2. The van der Waals surface area contributed by atoms with Crippen LogP contribution in [0.25, 0.3) is 0 Å². The van der Waals surface area contributed by atoms with Crippen molar-refractivity contribution in [3.8, 4) is 0 Å². The first kappa shape index (κ1) is 18.2. The van der Waals surface area contributed by atoms with E-state index in [4.69, 9.17) is 23.2 Å². The van der Waals surface area contributed by atoms with E-state index >= 15 is 0 Å². The van der Waals surface area contributed by atoms with Gasteiger partial charge in [-0.15, -0.1) is 11.3 Å². The van der Waals surface area contributed by atoms with Gasteiger partial charge in [0.25, 0.3) is 5.91 Å². The van der Waals surface area contributed by atoms with Crippen molar-refractivity contribution in [3.63, 3.8) is 0 Å². The van der Waals surface area contributed by atoms with E-state index in [-0.39, 0.29) is 18.4 Å². The zero-order valence-corrected chi connectivity index (χ0v) is 15.9. The van der Waals surface area contributed by atoms with Crippen molar-refractivity contribution >= 4 is 52.0 Å². The predicted molar refractivity (Wildman–Crippen MR) is 103 cm³/mol. The van der Waals surface area contributed by atoms with Crippen molar-refractivity contribution in [1.29, 1.82) is 0 Å². The second-order valence-electron chi connectivity index (χ2n) is 5.97. The third-order valence-corrected chi connectivity index (χ3v) is 5.88. The molecule has 1 aliphatic rings. The van der Waals surface area contributed by atoms with Gasteiger partial charge in [0.2, 0.25) is 5.91 Å². The number of carbonyl (C=O) groups excluding carboxylic acids is 2. The fourth-order valence-corrected chi connectivity index (χ4v) is 4.32. The molecule has 0 radical (unpaired) electrons. The molecular formula is C18H18Cl2N2O2S. The van der Waals surface area contributed by atoms with E-state index in [2.05, 4.69) is 10.6 Å². The molecule has 1 aliphatic carbocycles.